The van der Waals surface area contributed by atoms with Crippen LogP contribution in [0.1, 0.15) is 17.4 Å². The molecular formula is C17H15N5O4. The number of H-pyrrole nitrogens is 1. The van der Waals surface area contributed by atoms with Crippen molar-refractivity contribution in [2.24, 2.45) is 5.10 Å². The summed E-state index contributed by atoms with van der Waals surface area (Å²) in [6.45, 7) is 0. The number of non-ortho nitro benzene ring substituents is 1. The zero-order valence-corrected chi connectivity index (χ0v) is 13.7. The van der Waals surface area contributed by atoms with Gasteiger partial charge >= 0.3 is 0 Å². The van der Waals surface area contributed by atoms with E-state index in [4.69, 9.17) is 0 Å². The van der Waals surface area contributed by atoms with E-state index in [9.17, 15) is 20.0 Å². The number of aliphatic hydroxyl groups excluding tert-OH is 1. The third kappa shape index (κ3) is 3.28. The van der Waals surface area contributed by atoms with Crippen LogP contribution in [0, 0.1) is 10.1 Å². The smallest absolute Gasteiger partial charge is 0.276 e. The topological polar surface area (TPSA) is 134 Å². The molecule has 0 aliphatic rings. The van der Waals surface area contributed by atoms with E-state index in [1.165, 1.54) is 25.2 Å². The molecule has 0 saturated carbocycles. The third-order valence-electron chi connectivity index (χ3n) is 3.74. The number of aromatic amines is 1. The van der Waals surface area contributed by atoms with Gasteiger partial charge in [0, 0.05) is 19.2 Å². The standard InChI is InChI=1S/C17H15N5O4/c1-18-21-14(16(23)10-5-3-2-4-6-10)15-17(24)20-13-9-11(22(25)26)7-8-12(13)19-15/h2-9,16,18,23H,1H3,(H,20,24)/b21-14+/t16-/m1/s1. The van der Waals surface area contributed by atoms with E-state index < -0.39 is 16.6 Å². The molecule has 1 heterocycles. The molecule has 3 aromatic rings. The van der Waals surface area contributed by atoms with Gasteiger partial charge in [0.25, 0.3) is 11.2 Å². The summed E-state index contributed by atoms with van der Waals surface area (Å²) < 4.78 is 0. The van der Waals surface area contributed by atoms with Crippen molar-refractivity contribution in [3.8, 4) is 0 Å². The van der Waals surface area contributed by atoms with Gasteiger partial charge in [-0.3, -0.25) is 14.9 Å². The van der Waals surface area contributed by atoms with Gasteiger partial charge in [0.2, 0.25) is 0 Å². The molecule has 0 saturated heterocycles. The van der Waals surface area contributed by atoms with E-state index in [1.807, 2.05) is 0 Å². The second-order valence-corrected chi connectivity index (χ2v) is 5.41. The van der Waals surface area contributed by atoms with Crippen LogP contribution < -0.4 is 11.0 Å². The van der Waals surface area contributed by atoms with Crippen LogP contribution in [-0.4, -0.2) is 32.8 Å². The fourth-order valence-corrected chi connectivity index (χ4v) is 2.52. The fourth-order valence-electron chi connectivity index (χ4n) is 2.52. The van der Waals surface area contributed by atoms with Crippen molar-refractivity contribution < 1.29 is 10.0 Å². The molecule has 26 heavy (non-hydrogen) atoms. The predicted molar refractivity (Wildman–Crippen MR) is 96.0 cm³/mol. The largest absolute Gasteiger partial charge is 0.382 e. The molecule has 132 valence electrons. The van der Waals surface area contributed by atoms with E-state index in [1.54, 1.807) is 30.3 Å². The van der Waals surface area contributed by atoms with Crippen molar-refractivity contribution in [3.05, 3.63) is 80.3 Å². The second-order valence-electron chi connectivity index (χ2n) is 5.41. The Labute approximate surface area is 147 Å². The first kappa shape index (κ1) is 17.2. The van der Waals surface area contributed by atoms with Crippen LogP contribution in [0.4, 0.5) is 5.69 Å². The molecule has 2 aromatic carbocycles. The van der Waals surface area contributed by atoms with Crippen molar-refractivity contribution >= 4 is 22.4 Å². The maximum atomic E-state index is 12.5. The van der Waals surface area contributed by atoms with Crippen LogP contribution >= 0.6 is 0 Å². The van der Waals surface area contributed by atoms with Crippen LogP contribution in [-0.2, 0) is 0 Å². The van der Waals surface area contributed by atoms with Crippen molar-refractivity contribution in [3.63, 3.8) is 0 Å². The van der Waals surface area contributed by atoms with Gasteiger partial charge in [0.05, 0.1) is 16.0 Å². The Bertz CT molecular complexity index is 1050. The highest BCUT2D eigenvalue weighted by Crippen LogP contribution is 2.20. The van der Waals surface area contributed by atoms with Gasteiger partial charge in [-0.15, -0.1) is 0 Å². The monoisotopic (exact) mass is 353 g/mol. The molecule has 1 aromatic heterocycles. The lowest BCUT2D eigenvalue weighted by Crippen LogP contribution is -2.27. The summed E-state index contributed by atoms with van der Waals surface area (Å²) in [6.07, 6.45) is -1.17. The summed E-state index contributed by atoms with van der Waals surface area (Å²) in [5.41, 5.74) is 2.88. The number of hydrogen-bond donors (Lipinski definition) is 3. The molecular weight excluding hydrogens is 338 g/mol. The number of aromatic nitrogens is 2. The lowest BCUT2D eigenvalue weighted by molar-refractivity contribution is -0.384. The lowest BCUT2D eigenvalue weighted by Gasteiger charge is -2.13. The number of aliphatic hydroxyl groups is 1. The van der Waals surface area contributed by atoms with Gasteiger partial charge < -0.3 is 15.5 Å². The lowest BCUT2D eigenvalue weighted by atomic mass is 10.0. The van der Waals surface area contributed by atoms with Crippen molar-refractivity contribution in [2.75, 3.05) is 7.05 Å². The summed E-state index contributed by atoms with van der Waals surface area (Å²) >= 11 is 0. The summed E-state index contributed by atoms with van der Waals surface area (Å²) in [4.78, 5) is 29.6. The summed E-state index contributed by atoms with van der Waals surface area (Å²) in [7, 11) is 1.54. The molecule has 0 radical (unpaired) electrons. The SMILES string of the molecule is CN/N=C(\c1nc2ccc([N+](=O)[O-])cc2[nH]c1=O)[C@H](O)c1ccccc1. The van der Waals surface area contributed by atoms with Crippen LogP contribution in [0.3, 0.4) is 0 Å². The normalized spacial score (nSPS) is 12.8. The molecule has 9 heteroatoms. The Morgan fingerprint density at radius 3 is 2.69 bits per heavy atom. The van der Waals surface area contributed by atoms with Crippen molar-refractivity contribution in [1.82, 2.24) is 15.4 Å². The number of nitrogens with one attached hydrogen (secondary N) is 2. The Morgan fingerprint density at radius 2 is 2.04 bits per heavy atom. The molecule has 0 fully saturated rings. The summed E-state index contributed by atoms with van der Waals surface area (Å²) in [5, 5.41) is 25.5. The summed E-state index contributed by atoms with van der Waals surface area (Å²) in [5.74, 6) is 0. The van der Waals surface area contributed by atoms with Crippen LogP contribution in [0.5, 0.6) is 0 Å². The predicted octanol–water partition coefficient (Wildman–Crippen LogP) is 1.49. The number of nitro benzene ring substituents is 1. The van der Waals surface area contributed by atoms with E-state index in [0.717, 1.165) is 0 Å². The minimum atomic E-state index is -1.17. The number of hydrogen-bond acceptors (Lipinski definition) is 7. The Hall–Kier alpha value is -3.59. The molecule has 0 bridgehead atoms. The van der Waals surface area contributed by atoms with Crippen LogP contribution in [0.25, 0.3) is 11.0 Å². The number of nitro groups is 1. The van der Waals surface area contributed by atoms with Crippen LogP contribution in [0.2, 0.25) is 0 Å². The van der Waals surface area contributed by atoms with Gasteiger partial charge in [-0.1, -0.05) is 30.3 Å². The highest BCUT2D eigenvalue weighted by Gasteiger charge is 2.22. The molecule has 9 nitrogen and oxygen atoms in total. The minimum absolute atomic E-state index is 0.0419. The highest BCUT2D eigenvalue weighted by atomic mass is 16.6. The van der Waals surface area contributed by atoms with Gasteiger partial charge in [0.15, 0.2) is 5.69 Å². The van der Waals surface area contributed by atoms with E-state index in [0.29, 0.717) is 11.1 Å². The Morgan fingerprint density at radius 1 is 1.31 bits per heavy atom. The number of nitrogens with zero attached hydrogens (tertiary/aromatic N) is 3. The second kappa shape index (κ2) is 7.11. The first-order chi connectivity index (χ1) is 12.5. The molecule has 3 rings (SSSR count). The maximum absolute atomic E-state index is 12.5. The molecule has 0 spiro atoms. The zero-order valence-electron chi connectivity index (χ0n) is 13.7. The van der Waals surface area contributed by atoms with Crippen molar-refractivity contribution in [1.29, 1.82) is 0 Å². The fraction of sp³-hybridized carbons (Fsp3) is 0.118. The molecule has 3 N–H and O–H groups in total. The molecule has 0 unspecified atom stereocenters. The van der Waals surface area contributed by atoms with Gasteiger partial charge in [-0.2, -0.15) is 5.10 Å². The van der Waals surface area contributed by atoms with E-state index in [-0.39, 0.29) is 22.6 Å². The third-order valence-corrected chi connectivity index (χ3v) is 3.74. The van der Waals surface area contributed by atoms with E-state index in [2.05, 4.69) is 20.5 Å². The Kier molecular flexibility index (Phi) is 4.72. The maximum Gasteiger partial charge on any atom is 0.276 e. The Balaban J connectivity index is 2.13. The molecule has 1 atom stereocenters. The summed E-state index contributed by atoms with van der Waals surface area (Å²) in [6, 6.07) is 12.7. The number of rotatable bonds is 5. The zero-order chi connectivity index (χ0) is 18.7. The molecule has 0 amide bonds. The number of fused-ring (bicyclic) bond motifs is 1. The highest BCUT2D eigenvalue weighted by molar-refractivity contribution is 6.03. The van der Waals surface area contributed by atoms with Gasteiger partial charge in [0.1, 0.15) is 11.8 Å². The molecule has 0 aliphatic carbocycles. The number of benzene rings is 2. The van der Waals surface area contributed by atoms with Crippen LogP contribution in [0.15, 0.2) is 58.4 Å². The average molecular weight is 353 g/mol. The minimum Gasteiger partial charge on any atom is -0.382 e. The van der Waals surface area contributed by atoms with E-state index >= 15 is 0 Å². The van der Waals surface area contributed by atoms with Gasteiger partial charge in [-0.25, -0.2) is 4.98 Å². The number of hydrazone groups is 1. The molecule has 0 aliphatic heterocycles. The van der Waals surface area contributed by atoms with Crippen molar-refractivity contribution in [2.45, 2.75) is 6.10 Å². The first-order valence-corrected chi connectivity index (χ1v) is 7.67. The van der Waals surface area contributed by atoms with Gasteiger partial charge in [-0.05, 0) is 11.6 Å². The quantitative estimate of drug-likeness (QED) is 0.361. The first-order valence-electron chi connectivity index (χ1n) is 7.67. The average Bonchev–Trinajstić information content (AvgIpc) is 2.65.